The van der Waals surface area contributed by atoms with E-state index in [2.05, 4.69) is 24.4 Å². The lowest BCUT2D eigenvalue weighted by atomic mass is 10.0. The second kappa shape index (κ2) is 10.2. The Morgan fingerprint density at radius 2 is 1.82 bits per heavy atom. The first-order valence-corrected chi connectivity index (χ1v) is 12.1. The first-order valence-electron chi connectivity index (χ1n) is 11.3. The number of aromatic hydroxyl groups is 1. The van der Waals surface area contributed by atoms with Crippen LogP contribution in [0.1, 0.15) is 45.3 Å². The van der Waals surface area contributed by atoms with Crippen LogP contribution < -0.4 is 10.1 Å². The van der Waals surface area contributed by atoms with Crippen LogP contribution in [0.25, 0.3) is 10.1 Å². The molecule has 0 aliphatic carbocycles. The van der Waals surface area contributed by atoms with Crippen molar-refractivity contribution in [2.45, 2.75) is 33.6 Å². The summed E-state index contributed by atoms with van der Waals surface area (Å²) >= 11 is 1.35. The molecule has 33 heavy (non-hydrogen) atoms. The topological polar surface area (TPSA) is 58.6 Å². The third kappa shape index (κ3) is 5.27. The summed E-state index contributed by atoms with van der Waals surface area (Å²) in [5.74, 6) is 1.34. The molecule has 1 aromatic heterocycles. The Bertz CT molecular complexity index is 1270. The zero-order valence-electron chi connectivity index (χ0n) is 19.3. The first-order chi connectivity index (χ1) is 16.0. The summed E-state index contributed by atoms with van der Waals surface area (Å²) in [5, 5.41) is 14.1. The number of thiophene rings is 1. The van der Waals surface area contributed by atoms with Crippen LogP contribution in [0, 0.1) is 13.8 Å². The second-order valence-corrected chi connectivity index (χ2v) is 9.34. The maximum absolute atomic E-state index is 13.6. The van der Waals surface area contributed by atoms with Gasteiger partial charge in [-0.3, -0.25) is 4.79 Å². The normalized spacial score (nSPS) is 11.1. The van der Waals surface area contributed by atoms with E-state index in [1.165, 1.54) is 16.9 Å². The molecule has 0 fully saturated rings. The maximum atomic E-state index is 13.6. The molecule has 1 heterocycles. The first kappa shape index (κ1) is 23.0. The van der Waals surface area contributed by atoms with Gasteiger partial charge >= 0.3 is 0 Å². The van der Waals surface area contributed by atoms with Gasteiger partial charge in [-0.2, -0.15) is 0 Å². The van der Waals surface area contributed by atoms with Gasteiger partial charge in [-0.15, -0.1) is 11.3 Å². The largest absolute Gasteiger partial charge is 0.508 e. The fourth-order valence-corrected chi connectivity index (χ4v) is 4.97. The minimum Gasteiger partial charge on any atom is -0.508 e. The summed E-state index contributed by atoms with van der Waals surface area (Å²) < 4.78 is 7.13. The summed E-state index contributed by atoms with van der Waals surface area (Å²) in [6, 6.07) is 19.1. The summed E-state index contributed by atoms with van der Waals surface area (Å²) in [6.45, 7) is 8.03. The number of benzene rings is 3. The minimum absolute atomic E-state index is 0.0630. The average molecular weight is 460 g/mol. The number of ether oxygens (including phenoxy) is 1. The van der Waals surface area contributed by atoms with E-state index in [9.17, 15) is 9.90 Å². The Morgan fingerprint density at radius 1 is 1.03 bits per heavy atom. The van der Waals surface area contributed by atoms with Crippen molar-refractivity contribution in [1.82, 2.24) is 5.32 Å². The van der Waals surface area contributed by atoms with Gasteiger partial charge in [-0.1, -0.05) is 36.8 Å². The van der Waals surface area contributed by atoms with E-state index in [4.69, 9.17) is 4.74 Å². The van der Waals surface area contributed by atoms with Gasteiger partial charge in [0, 0.05) is 15.6 Å². The third-order valence-electron chi connectivity index (χ3n) is 5.68. The van der Waals surface area contributed by atoms with E-state index in [0.29, 0.717) is 21.9 Å². The molecule has 5 heteroatoms. The van der Waals surface area contributed by atoms with Crippen molar-refractivity contribution in [1.29, 1.82) is 0 Å². The molecular formula is C28H29NO3S. The van der Waals surface area contributed by atoms with Crippen LogP contribution >= 0.6 is 11.3 Å². The monoisotopic (exact) mass is 459 g/mol. The molecule has 0 aliphatic rings. The number of nitrogens with one attached hydrogen (secondary N) is 1. The SMILES string of the molecule is CCNCCCc1ccc(Oc2c(C(=O)c3cc(C)ccc3C)sc3cc(O)ccc23)cc1. The van der Waals surface area contributed by atoms with E-state index < -0.39 is 0 Å². The second-order valence-electron chi connectivity index (χ2n) is 8.29. The van der Waals surface area contributed by atoms with E-state index in [1.54, 1.807) is 12.1 Å². The Hall–Kier alpha value is -3.15. The highest BCUT2D eigenvalue weighted by atomic mass is 32.1. The van der Waals surface area contributed by atoms with Crippen molar-refractivity contribution < 1.29 is 14.6 Å². The van der Waals surface area contributed by atoms with Crippen molar-refractivity contribution in [3.63, 3.8) is 0 Å². The lowest BCUT2D eigenvalue weighted by molar-refractivity contribution is 0.104. The van der Waals surface area contributed by atoms with Crippen LogP contribution in [0.15, 0.2) is 60.7 Å². The van der Waals surface area contributed by atoms with Gasteiger partial charge in [0.05, 0.1) is 0 Å². The highest BCUT2D eigenvalue weighted by Crippen LogP contribution is 2.43. The Balaban J connectivity index is 1.67. The fourth-order valence-electron chi connectivity index (χ4n) is 3.85. The zero-order chi connectivity index (χ0) is 23.4. The maximum Gasteiger partial charge on any atom is 0.207 e. The molecule has 0 radical (unpaired) electrons. The lowest BCUT2D eigenvalue weighted by Gasteiger charge is -2.10. The van der Waals surface area contributed by atoms with Gasteiger partial charge in [-0.25, -0.2) is 0 Å². The predicted molar refractivity (Wildman–Crippen MR) is 136 cm³/mol. The van der Waals surface area contributed by atoms with Gasteiger partial charge < -0.3 is 15.2 Å². The summed E-state index contributed by atoms with van der Waals surface area (Å²) in [5.41, 5.74) is 3.90. The molecule has 0 unspecified atom stereocenters. The smallest absolute Gasteiger partial charge is 0.207 e. The summed E-state index contributed by atoms with van der Waals surface area (Å²) in [6.07, 6.45) is 2.09. The van der Waals surface area contributed by atoms with Crippen molar-refractivity contribution in [3.05, 3.63) is 87.8 Å². The van der Waals surface area contributed by atoms with Gasteiger partial charge in [0.2, 0.25) is 5.78 Å². The molecule has 0 aliphatic heterocycles. The zero-order valence-corrected chi connectivity index (χ0v) is 20.1. The number of carbonyl (C=O) groups is 1. The molecule has 4 nitrogen and oxygen atoms in total. The van der Waals surface area contributed by atoms with Crippen LogP contribution in [-0.2, 0) is 6.42 Å². The minimum atomic E-state index is -0.0630. The van der Waals surface area contributed by atoms with Crippen molar-refractivity contribution in [3.8, 4) is 17.2 Å². The molecule has 0 saturated heterocycles. The highest BCUT2D eigenvalue weighted by molar-refractivity contribution is 7.21. The number of aryl methyl sites for hydroxylation is 3. The molecule has 0 amide bonds. The lowest BCUT2D eigenvalue weighted by Crippen LogP contribution is -2.14. The number of phenolic OH excluding ortho intramolecular Hbond substituents is 1. The van der Waals surface area contributed by atoms with Crippen molar-refractivity contribution >= 4 is 27.2 Å². The molecule has 0 bridgehead atoms. The molecule has 0 atom stereocenters. The number of ketones is 1. The third-order valence-corrected chi connectivity index (χ3v) is 6.82. The highest BCUT2D eigenvalue weighted by Gasteiger charge is 2.23. The van der Waals surface area contributed by atoms with Gasteiger partial charge in [0.15, 0.2) is 5.75 Å². The summed E-state index contributed by atoms with van der Waals surface area (Å²) in [4.78, 5) is 14.1. The van der Waals surface area contributed by atoms with Crippen LogP contribution in [0.5, 0.6) is 17.2 Å². The Labute approximate surface area is 198 Å². The fraction of sp³-hybridized carbons (Fsp3) is 0.250. The van der Waals surface area contributed by atoms with E-state index in [0.717, 1.165) is 47.1 Å². The molecule has 4 rings (SSSR count). The molecule has 0 spiro atoms. The average Bonchev–Trinajstić information content (AvgIpc) is 3.16. The number of rotatable bonds is 9. The van der Waals surface area contributed by atoms with Gasteiger partial charge in [-0.05, 0) is 87.3 Å². The Kier molecular flexibility index (Phi) is 7.11. The van der Waals surface area contributed by atoms with Gasteiger partial charge in [0.25, 0.3) is 0 Å². The van der Waals surface area contributed by atoms with Crippen LogP contribution in [0.4, 0.5) is 0 Å². The van der Waals surface area contributed by atoms with Gasteiger partial charge in [0.1, 0.15) is 16.4 Å². The number of carbonyl (C=O) groups excluding carboxylic acids is 1. The molecule has 170 valence electrons. The Morgan fingerprint density at radius 3 is 2.58 bits per heavy atom. The van der Waals surface area contributed by atoms with E-state index in [-0.39, 0.29) is 11.5 Å². The summed E-state index contributed by atoms with van der Waals surface area (Å²) in [7, 11) is 0. The van der Waals surface area contributed by atoms with Crippen molar-refractivity contribution in [2.75, 3.05) is 13.1 Å². The number of phenols is 1. The quantitative estimate of drug-likeness (QED) is 0.214. The van der Waals surface area contributed by atoms with E-state index in [1.807, 2.05) is 50.2 Å². The molecule has 4 aromatic rings. The predicted octanol–water partition coefficient (Wildman–Crippen LogP) is 6.79. The number of hydrogen-bond donors (Lipinski definition) is 2. The number of hydrogen-bond acceptors (Lipinski definition) is 5. The molecular weight excluding hydrogens is 430 g/mol. The van der Waals surface area contributed by atoms with Crippen molar-refractivity contribution in [2.24, 2.45) is 0 Å². The van der Waals surface area contributed by atoms with Crippen LogP contribution in [0.3, 0.4) is 0 Å². The molecule has 2 N–H and O–H groups in total. The van der Waals surface area contributed by atoms with Crippen LogP contribution in [-0.4, -0.2) is 24.0 Å². The molecule has 3 aromatic carbocycles. The van der Waals surface area contributed by atoms with E-state index >= 15 is 0 Å². The van der Waals surface area contributed by atoms with Crippen LogP contribution in [0.2, 0.25) is 0 Å². The molecule has 0 saturated carbocycles. The standard InChI is InChI=1S/C28H29NO3S/c1-4-29-15-5-6-20-9-12-22(13-10-20)32-27-23-14-11-21(30)17-25(23)33-28(27)26(31)24-16-18(2)7-8-19(24)3/h7-14,16-17,29-30H,4-6,15H2,1-3H3. The number of fused-ring (bicyclic) bond motifs is 1.